The second kappa shape index (κ2) is 10.1. The molecule has 0 radical (unpaired) electrons. The van der Waals surface area contributed by atoms with Crippen LogP contribution in [0.4, 0.5) is 0 Å². The van der Waals surface area contributed by atoms with Crippen LogP contribution in [-0.4, -0.2) is 61.9 Å². The molecule has 1 N–H and O–H groups in total. The van der Waals surface area contributed by atoms with Crippen molar-refractivity contribution in [2.45, 2.75) is 65.6 Å². The average molecular weight is 302 g/mol. The normalized spacial score (nSPS) is 16.0. The Morgan fingerprint density at radius 3 is 2.33 bits per heavy atom. The van der Waals surface area contributed by atoms with Gasteiger partial charge in [0.1, 0.15) is 5.54 Å². The van der Waals surface area contributed by atoms with Crippen LogP contribution < -0.4 is 5.32 Å². The number of hydrogen-bond donors (Lipinski definition) is 1. The zero-order chi connectivity index (χ0) is 16.5. The van der Waals surface area contributed by atoms with Gasteiger partial charge in [0.15, 0.2) is 0 Å². The Morgan fingerprint density at radius 1 is 1.29 bits per heavy atom. The van der Waals surface area contributed by atoms with Gasteiger partial charge in [-0.3, -0.25) is 15.0 Å². The molecule has 5 nitrogen and oxygen atoms in total. The second-order valence-corrected chi connectivity index (χ2v) is 6.03. The molecule has 0 bridgehead atoms. The van der Waals surface area contributed by atoms with Crippen molar-refractivity contribution >= 4 is 5.97 Å². The van der Waals surface area contributed by atoms with Gasteiger partial charge in [-0.15, -0.1) is 0 Å². The van der Waals surface area contributed by atoms with Gasteiger partial charge in [0.05, 0.1) is 13.2 Å². The van der Waals surface area contributed by atoms with Crippen molar-refractivity contribution in [3.8, 4) is 0 Å². The van der Waals surface area contributed by atoms with Gasteiger partial charge < -0.3 is 9.47 Å². The number of esters is 1. The lowest BCUT2D eigenvalue weighted by Crippen LogP contribution is -2.56. The molecule has 0 saturated carbocycles. The van der Waals surface area contributed by atoms with Gasteiger partial charge in [0, 0.05) is 25.7 Å². The van der Waals surface area contributed by atoms with Crippen LogP contribution in [0.2, 0.25) is 0 Å². The minimum absolute atomic E-state index is 0.173. The number of nitrogens with one attached hydrogen (secondary N) is 1. The lowest BCUT2D eigenvalue weighted by atomic mass is 9.92. The number of carbonyl (C=O) groups excluding carboxylic acids is 1. The molecule has 0 aliphatic carbocycles. The summed E-state index contributed by atoms with van der Waals surface area (Å²) in [6, 6.07) is 0.492. The summed E-state index contributed by atoms with van der Waals surface area (Å²) >= 11 is 0. The first-order valence-corrected chi connectivity index (χ1v) is 7.98. The van der Waals surface area contributed by atoms with E-state index in [-0.39, 0.29) is 18.1 Å². The molecule has 21 heavy (non-hydrogen) atoms. The fraction of sp³-hybridized carbons (Fsp3) is 0.938. The van der Waals surface area contributed by atoms with E-state index in [1.807, 2.05) is 27.7 Å². The second-order valence-electron chi connectivity index (χ2n) is 6.03. The van der Waals surface area contributed by atoms with E-state index in [0.717, 1.165) is 13.1 Å². The van der Waals surface area contributed by atoms with Gasteiger partial charge in [0.2, 0.25) is 0 Å². The van der Waals surface area contributed by atoms with E-state index in [0.29, 0.717) is 19.6 Å². The summed E-state index contributed by atoms with van der Waals surface area (Å²) < 4.78 is 10.4. The topological polar surface area (TPSA) is 50.8 Å². The highest BCUT2D eigenvalue weighted by Gasteiger charge is 2.37. The van der Waals surface area contributed by atoms with Crippen molar-refractivity contribution in [1.82, 2.24) is 10.2 Å². The molecule has 2 atom stereocenters. The molecule has 2 unspecified atom stereocenters. The Hall–Kier alpha value is -0.650. The average Bonchev–Trinajstić information content (AvgIpc) is 2.38. The van der Waals surface area contributed by atoms with E-state index in [9.17, 15) is 4.79 Å². The molecular formula is C16H34N2O3. The van der Waals surface area contributed by atoms with Crippen molar-refractivity contribution in [2.75, 3.05) is 33.4 Å². The molecule has 0 amide bonds. The summed E-state index contributed by atoms with van der Waals surface area (Å²) in [5.41, 5.74) is -0.663. The fourth-order valence-electron chi connectivity index (χ4n) is 2.75. The zero-order valence-electron chi connectivity index (χ0n) is 14.9. The number of nitrogens with zero attached hydrogens (tertiary/aromatic N) is 1. The van der Waals surface area contributed by atoms with Crippen LogP contribution in [-0.2, 0) is 14.3 Å². The first-order valence-electron chi connectivity index (χ1n) is 7.98. The lowest BCUT2D eigenvalue weighted by Gasteiger charge is -2.37. The van der Waals surface area contributed by atoms with Gasteiger partial charge >= 0.3 is 5.97 Å². The standard InChI is InChI=1S/C16H34N2O3/c1-8-18(10-11-20-7)14(5)12-16(6,17-13(3)4)15(19)21-9-2/h13-14,17H,8-12H2,1-7H3. The van der Waals surface area contributed by atoms with Gasteiger partial charge in [0.25, 0.3) is 0 Å². The zero-order valence-corrected chi connectivity index (χ0v) is 14.9. The van der Waals surface area contributed by atoms with E-state index in [1.54, 1.807) is 7.11 Å². The molecule has 0 fully saturated rings. The predicted octanol–water partition coefficient (Wildman–Crippen LogP) is 2.05. The SMILES string of the molecule is CCOC(=O)C(C)(CC(C)N(CC)CCOC)NC(C)C. The largest absolute Gasteiger partial charge is 0.465 e. The van der Waals surface area contributed by atoms with Gasteiger partial charge in [-0.05, 0) is 47.6 Å². The minimum atomic E-state index is -0.663. The molecule has 0 aromatic rings. The van der Waals surface area contributed by atoms with Crippen LogP contribution >= 0.6 is 0 Å². The number of likely N-dealkylation sites (N-methyl/N-ethyl adjacent to an activating group) is 1. The highest BCUT2D eigenvalue weighted by Crippen LogP contribution is 2.19. The molecule has 0 saturated heterocycles. The number of ether oxygens (including phenoxy) is 2. The quantitative estimate of drug-likeness (QED) is 0.592. The van der Waals surface area contributed by atoms with Crippen molar-refractivity contribution in [3.05, 3.63) is 0 Å². The van der Waals surface area contributed by atoms with Crippen molar-refractivity contribution in [2.24, 2.45) is 0 Å². The third kappa shape index (κ3) is 7.25. The molecule has 5 heteroatoms. The van der Waals surface area contributed by atoms with E-state index in [4.69, 9.17) is 9.47 Å². The predicted molar refractivity (Wildman–Crippen MR) is 86.5 cm³/mol. The van der Waals surface area contributed by atoms with Gasteiger partial charge in [-0.25, -0.2) is 0 Å². The maximum Gasteiger partial charge on any atom is 0.326 e. The lowest BCUT2D eigenvalue weighted by molar-refractivity contribution is -0.151. The molecule has 0 aromatic heterocycles. The van der Waals surface area contributed by atoms with Crippen molar-refractivity contribution < 1.29 is 14.3 Å². The van der Waals surface area contributed by atoms with Crippen molar-refractivity contribution in [3.63, 3.8) is 0 Å². The van der Waals surface area contributed by atoms with E-state index < -0.39 is 5.54 Å². The fourth-order valence-corrected chi connectivity index (χ4v) is 2.75. The number of hydrogen-bond acceptors (Lipinski definition) is 5. The maximum absolute atomic E-state index is 12.3. The molecule has 0 spiro atoms. The Bertz CT molecular complexity index is 297. The van der Waals surface area contributed by atoms with Crippen LogP contribution in [0.25, 0.3) is 0 Å². The van der Waals surface area contributed by atoms with Crippen LogP contribution in [0.5, 0.6) is 0 Å². The molecule has 0 rings (SSSR count). The van der Waals surface area contributed by atoms with Crippen LogP contribution in [0.3, 0.4) is 0 Å². The Labute approximate surface area is 130 Å². The van der Waals surface area contributed by atoms with Crippen LogP contribution in [0.15, 0.2) is 0 Å². The summed E-state index contributed by atoms with van der Waals surface area (Å²) in [6.45, 7) is 15.1. The minimum Gasteiger partial charge on any atom is -0.465 e. The van der Waals surface area contributed by atoms with Crippen LogP contribution in [0, 0.1) is 0 Å². The van der Waals surface area contributed by atoms with Gasteiger partial charge in [-0.1, -0.05) is 6.92 Å². The number of rotatable bonds is 11. The van der Waals surface area contributed by atoms with E-state index in [1.165, 1.54) is 0 Å². The first kappa shape index (κ1) is 20.3. The Morgan fingerprint density at radius 2 is 1.90 bits per heavy atom. The summed E-state index contributed by atoms with van der Waals surface area (Å²) in [5.74, 6) is -0.173. The Balaban J connectivity index is 4.88. The molecule has 0 aliphatic rings. The summed E-state index contributed by atoms with van der Waals surface area (Å²) in [4.78, 5) is 14.7. The van der Waals surface area contributed by atoms with Crippen LogP contribution in [0.1, 0.15) is 48.0 Å². The summed E-state index contributed by atoms with van der Waals surface area (Å²) in [7, 11) is 1.71. The monoisotopic (exact) mass is 302 g/mol. The molecule has 0 aromatic carbocycles. The summed E-state index contributed by atoms with van der Waals surface area (Å²) in [6.07, 6.45) is 0.710. The molecular weight excluding hydrogens is 268 g/mol. The smallest absolute Gasteiger partial charge is 0.326 e. The van der Waals surface area contributed by atoms with Gasteiger partial charge in [-0.2, -0.15) is 0 Å². The molecule has 126 valence electrons. The van der Waals surface area contributed by atoms with E-state index in [2.05, 4.69) is 24.1 Å². The third-order valence-corrected chi connectivity index (χ3v) is 3.65. The number of methoxy groups -OCH3 is 1. The maximum atomic E-state index is 12.3. The highest BCUT2D eigenvalue weighted by atomic mass is 16.5. The highest BCUT2D eigenvalue weighted by molar-refractivity contribution is 5.80. The third-order valence-electron chi connectivity index (χ3n) is 3.65. The first-order chi connectivity index (χ1) is 9.80. The van der Waals surface area contributed by atoms with Crippen molar-refractivity contribution in [1.29, 1.82) is 0 Å². The summed E-state index contributed by atoms with van der Waals surface area (Å²) in [5, 5.41) is 3.37. The number of carbonyl (C=O) groups is 1. The molecule has 0 heterocycles. The van der Waals surface area contributed by atoms with E-state index >= 15 is 0 Å². The Kier molecular flexibility index (Phi) is 9.83. The molecule has 0 aliphatic heterocycles.